The molecule has 8 heteroatoms. The van der Waals surface area contributed by atoms with Gasteiger partial charge in [-0.15, -0.1) is 0 Å². The molecule has 2 aromatic rings. The van der Waals surface area contributed by atoms with Gasteiger partial charge in [0.1, 0.15) is 4.75 Å². The molecule has 0 radical (unpaired) electrons. The first kappa shape index (κ1) is 16.7. The van der Waals surface area contributed by atoms with E-state index in [-0.39, 0.29) is 0 Å². The Morgan fingerprint density at radius 2 is 2.04 bits per heavy atom. The van der Waals surface area contributed by atoms with Crippen LogP contribution in [0.1, 0.15) is 33.6 Å². The summed E-state index contributed by atoms with van der Waals surface area (Å²) in [5.74, 6) is 0. The van der Waals surface area contributed by atoms with Gasteiger partial charge in [-0.25, -0.2) is 13.1 Å². The molecule has 0 spiro atoms. The van der Waals surface area contributed by atoms with Gasteiger partial charge in [-0.1, -0.05) is 0 Å². The topological polar surface area (TPSA) is 86.9 Å². The van der Waals surface area contributed by atoms with E-state index in [1.54, 1.807) is 6.20 Å². The summed E-state index contributed by atoms with van der Waals surface area (Å²) in [5.41, 5.74) is 1.31. The molecule has 1 saturated carbocycles. The van der Waals surface area contributed by atoms with Crippen LogP contribution < -0.4 is 10.0 Å². The molecule has 1 heterocycles. The summed E-state index contributed by atoms with van der Waals surface area (Å²) in [6, 6.07) is 3.88. The van der Waals surface area contributed by atoms with Crippen LogP contribution in [0.3, 0.4) is 0 Å². The molecule has 3 N–H and O–H groups in total. The third-order valence-corrected chi connectivity index (χ3v) is 7.17. The van der Waals surface area contributed by atoms with E-state index in [4.69, 9.17) is 0 Å². The lowest BCUT2D eigenvalue weighted by molar-refractivity contribution is 0.482. The Hall–Kier alpha value is -1.12. The molecule has 1 aromatic heterocycles. The third kappa shape index (κ3) is 3.39. The second kappa shape index (κ2) is 5.46. The van der Waals surface area contributed by atoms with Gasteiger partial charge >= 0.3 is 0 Å². The fraction of sp³-hybridized carbons (Fsp3) is 0.533. The molecule has 6 nitrogen and oxygen atoms in total. The number of rotatable bonds is 5. The fourth-order valence-electron chi connectivity index (χ4n) is 2.56. The molecule has 0 amide bonds. The zero-order valence-electron chi connectivity index (χ0n) is 13.4. The van der Waals surface area contributed by atoms with Crippen LogP contribution in [0.2, 0.25) is 0 Å². The fourth-order valence-corrected chi connectivity index (χ4v) is 5.05. The van der Waals surface area contributed by atoms with Crippen molar-refractivity contribution in [2.24, 2.45) is 0 Å². The zero-order valence-corrected chi connectivity index (χ0v) is 15.8. The highest BCUT2D eigenvalue weighted by Crippen LogP contribution is 2.43. The quantitative estimate of drug-likeness (QED) is 0.719. The normalized spacial score (nSPS) is 17.4. The number of benzene rings is 1. The molecule has 0 bridgehead atoms. The highest BCUT2D eigenvalue weighted by Gasteiger charge is 2.55. The van der Waals surface area contributed by atoms with Crippen molar-refractivity contribution in [3.05, 3.63) is 22.8 Å². The minimum Gasteiger partial charge on any atom is -0.383 e. The number of nitrogens with one attached hydrogen (secondary N) is 3. The van der Waals surface area contributed by atoms with Gasteiger partial charge in [0.25, 0.3) is 0 Å². The predicted octanol–water partition coefficient (Wildman–Crippen LogP) is 2.99. The monoisotopic (exact) mass is 400 g/mol. The average Bonchev–Trinajstić information content (AvgIpc) is 3.06. The summed E-state index contributed by atoms with van der Waals surface area (Å²) in [6.07, 6.45) is 3.11. The number of hydrogen-bond donors (Lipinski definition) is 3. The standard InChI is InChI=1S/C15H21BrN4O2S/c1-14(2,3)20-23(21,22)15(4-5-15)9-17-10-6-12(16)11-8-18-19-13(11)7-10/h6-8,17,20H,4-5,9H2,1-3H3,(H,18,19). The van der Waals surface area contributed by atoms with Crippen LogP contribution in [0, 0.1) is 0 Å². The molecular formula is C15H21BrN4O2S. The Morgan fingerprint density at radius 3 is 2.65 bits per heavy atom. The Morgan fingerprint density at radius 1 is 1.35 bits per heavy atom. The van der Waals surface area contributed by atoms with E-state index in [9.17, 15) is 8.42 Å². The first-order chi connectivity index (χ1) is 10.6. The number of aromatic amines is 1. The smallest absolute Gasteiger partial charge is 0.219 e. The van der Waals surface area contributed by atoms with Crippen LogP contribution in [0.15, 0.2) is 22.8 Å². The Bertz CT molecular complexity index is 835. The minimum absolute atomic E-state index is 0.393. The second-order valence-electron chi connectivity index (χ2n) is 7.18. The molecule has 0 atom stereocenters. The summed E-state index contributed by atoms with van der Waals surface area (Å²) < 4.78 is 28.2. The van der Waals surface area contributed by atoms with Gasteiger partial charge in [0, 0.05) is 27.6 Å². The van der Waals surface area contributed by atoms with E-state index in [2.05, 4.69) is 36.2 Å². The maximum atomic E-state index is 12.6. The lowest BCUT2D eigenvalue weighted by atomic mass is 10.1. The summed E-state index contributed by atoms with van der Waals surface area (Å²) in [5, 5.41) is 11.2. The lowest BCUT2D eigenvalue weighted by Gasteiger charge is -2.25. The van der Waals surface area contributed by atoms with Crippen molar-refractivity contribution in [2.75, 3.05) is 11.9 Å². The van der Waals surface area contributed by atoms with Crippen molar-refractivity contribution in [3.63, 3.8) is 0 Å². The van der Waals surface area contributed by atoms with Gasteiger partial charge in [-0.2, -0.15) is 5.10 Å². The summed E-state index contributed by atoms with van der Waals surface area (Å²) >= 11 is 3.51. The SMILES string of the molecule is CC(C)(C)NS(=O)(=O)C1(CNc2cc(Br)c3cn[nH]c3c2)CC1. The van der Waals surface area contributed by atoms with E-state index in [1.807, 2.05) is 32.9 Å². The van der Waals surface area contributed by atoms with E-state index in [0.717, 1.165) is 21.1 Å². The van der Waals surface area contributed by atoms with Crippen molar-refractivity contribution < 1.29 is 8.42 Å². The molecular weight excluding hydrogens is 380 g/mol. The van der Waals surface area contributed by atoms with Crippen molar-refractivity contribution >= 4 is 42.5 Å². The number of halogens is 1. The molecule has 1 aliphatic carbocycles. The number of fused-ring (bicyclic) bond motifs is 1. The molecule has 0 aliphatic heterocycles. The molecule has 1 fully saturated rings. The highest BCUT2D eigenvalue weighted by atomic mass is 79.9. The van der Waals surface area contributed by atoms with Crippen LogP contribution in [-0.2, 0) is 10.0 Å². The first-order valence-electron chi connectivity index (χ1n) is 7.52. The summed E-state index contributed by atoms with van der Waals surface area (Å²) in [6.45, 7) is 5.97. The van der Waals surface area contributed by atoms with E-state index in [1.165, 1.54) is 0 Å². The van der Waals surface area contributed by atoms with Crippen LogP contribution in [-0.4, -0.2) is 35.4 Å². The molecule has 126 valence electrons. The van der Waals surface area contributed by atoms with Crippen molar-refractivity contribution in [2.45, 2.75) is 43.9 Å². The van der Waals surface area contributed by atoms with Crippen molar-refractivity contribution in [3.8, 4) is 0 Å². The minimum atomic E-state index is -3.36. The first-order valence-corrected chi connectivity index (χ1v) is 9.80. The van der Waals surface area contributed by atoms with Gasteiger partial charge in [0.05, 0.1) is 11.7 Å². The van der Waals surface area contributed by atoms with Crippen LogP contribution in [0.4, 0.5) is 5.69 Å². The van der Waals surface area contributed by atoms with Gasteiger partial charge in [0.15, 0.2) is 0 Å². The molecule has 0 unspecified atom stereocenters. The second-order valence-corrected chi connectivity index (χ2v) is 10.1. The zero-order chi connectivity index (χ0) is 16.9. The number of aromatic nitrogens is 2. The van der Waals surface area contributed by atoms with Gasteiger partial charge in [0.2, 0.25) is 10.0 Å². The Balaban J connectivity index is 1.76. The average molecular weight is 401 g/mol. The molecule has 0 saturated heterocycles. The number of hydrogen-bond acceptors (Lipinski definition) is 4. The number of H-pyrrole nitrogens is 1. The highest BCUT2D eigenvalue weighted by molar-refractivity contribution is 9.10. The van der Waals surface area contributed by atoms with E-state index in [0.29, 0.717) is 19.4 Å². The molecule has 1 aliphatic rings. The largest absolute Gasteiger partial charge is 0.383 e. The Labute approximate surface area is 144 Å². The molecule has 23 heavy (non-hydrogen) atoms. The molecule has 3 rings (SSSR count). The summed E-state index contributed by atoms with van der Waals surface area (Å²) in [4.78, 5) is 0. The molecule has 1 aromatic carbocycles. The van der Waals surface area contributed by atoms with Crippen molar-refractivity contribution in [1.29, 1.82) is 0 Å². The van der Waals surface area contributed by atoms with Crippen LogP contribution in [0.5, 0.6) is 0 Å². The van der Waals surface area contributed by atoms with E-state index >= 15 is 0 Å². The van der Waals surface area contributed by atoms with Crippen LogP contribution in [0.25, 0.3) is 10.9 Å². The Kier molecular flexibility index (Phi) is 3.97. The van der Waals surface area contributed by atoms with E-state index < -0.39 is 20.3 Å². The van der Waals surface area contributed by atoms with Gasteiger partial charge in [-0.05, 0) is 61.7 Å². The van der Waals surface area contributed by atoms with Gasteiger partial charge in [-0.3, -0.25) is 5.10 Å². The lowest BCUT2D eigenvalue weighted by Crippen LogP contribution is -2.48. The number of sulfonamides is 1. The van der Waals surface area contributed by atoms with Gasteiger partial charge < -0.3 is 5.32 Å². The maximum Gasteiger partial charge on any atom is 0.219 e. The predicted molar refractivity (Wildman–Crippen MR) is 96.1 cm³/mol. The van der Waals surface area contributed by atoms with Crippen molar-refractivity contribution in [1.82, 2.24) is 14.9 Å². The summed E-state index contributed by atoms with van der Waals surface area (Å²) in [7, 11) is -3.36. The maximum absolute atomic E-state index is 12.6. The number of anilines is 1. The third-order valence-electron chi connectivity index (χ3n) is 3.94. The van der Waals surface area contributed by atoms with Crippen LogP contribution >= 0.6 is 15.9 Å². The number of nitrogens with zero attached hydrogens (tertiary/aromatic N) is 1.